The number of hydrogen-bond acceptors (Lipinski definition) is 7. The minimum atomic E-state index is -0.715. The van der Waals surface area contributed by atoms with Crippen molar-refractivity contribution >= 4 is 23.3 Å². The first-order chi connectivity index (χ1) is 18.2. The molecule has 2 saturated carbocycles. The third kappa shape index (κ3) is 4.80. The summed E-state index contributed by atoms with van der Waals surface area (Å²) in [5, 5.41) is 22.8. The fourth-order valence-electron chi connectivity index (χ4n) is 7.69. The number of ether oxygens (including phenoxy) is 1. The van der Waals surface area contributed by atoms with Crippen molar-refractivity contribution in [1.29, 1.82) is 0 Å². The fourth-order valence-corrected chi connectivity index (χ4v) is 7.69. The van der Waals surface area contributed by atoms with Crippen LogP contribution >= 0.6 is 0 Å². The van der Waals surface area contributed by atoms with Gasteiger partial charge in [0.1, 0.15) is 6.10 Å². The van der Waals surface area contributed by atoms with Gasteiger partial charge in [-0.2, -0.15) is 0 Å². The van der Waals surface area contributed by atoms with Crippen molar-refractivity contribution in [3.63, 3.8) is 0 Å². The van der Waals surface area contributed by atoms with Crippen molar-refractivity contribution < 1.29 is 24.2 Å². The molecule has 204 valence electrons. The highest BCUT2D eigenvalue weighted by molar-refractivity contribution is 5.96. The predicted molar refractivity (Wildman–Crippen MR) is 138 cm³/mol. The van der Waals surface area contributed by atoms with Crippen molar-refractivity contribution in [2.24, 2.45) is 29.6 Å². The summed E-state index contributed by atoms with van der Waals surface area (Å²) in [6.07, 6.45) is 12.2. The first-order valence-corrected chi connectivity index (χ1v) is 13.8. The third-order valence-corrected chi connectivity index (χ3v) is 9.39. The summed E-state index contributed by atoms with van der Waals surface area (Å²) in [6, 6.07) is 2.76. The molecule has 4 aliphatic rings. The zero-order valence-corrected chi connectivity index (χ0v) is 21.9. The summed E-state index contributed by atoms with van der Waals surface area (Å²) in [5.41, 5.74) is -1.00. The number of allylic oxidation sites excluding steroid dienone is 1. The van der Waals surface area contributed by atoms with Gasteiger partial charge in [-0.3, -0.25) is 29.8 Å². The van der Waals surface area contributed by atoms with E-state index in [0.29, 0.717) is 11.8 Å². The Bertz CT molecular complexity index is 1130. The van der Waals surface area contributed by atoms with Crippen molar-refractivity contribution in [1.82, 2.24) is 4.90 Å². The van der Waals surface area contributed by atoms with Gasteiger partial charge >= 0.3 is 5.97 Å². The van der Waals surface area contributed by atoms with Crippen LogP contribution in [0.5, 0.6) is 0 Å². The highest BCUT2D eigenvalue weighted by atomic mass is 16.6. The first kappa shape index (κ1) is 26.3. The van der Waals surface area contributed by atoms with Crippen LogP contribution in [0.2, 0.25) is 0 Å². The third-order valence-electron chi connectivity index (χ3n) is 9.39. The zero-order valence-electron chi connectivity index (χ0n) is 21.9. The molecule has 2 heterocycles. The number of hydrogen-bond donors (Lipinski definition) is 0. The lowest BCUT2D eigenvalue weighted by molar-refractivity contribution is -0.394. The summed E-state index contributed by atoms with van der Waals surface area (Å²) in [7, 11) is 0. The monoisotopic (exact) mass is 525 g/mol. The van der Waals surface area contributed by atoms with E-state index in [9.17, 15) is 29.8 Å². The Kier molecular flexibility index (Phi) is 7.24. The lowest BCUT2D eigenvalue weighted by Crippen LogP contribution is -2.48. The van der Waals surface area contributed by atoms with Crippen LogP contribution < -0.4 is 0 Å². The highest BCUT2D eigenvalue weighted by Crippen LogP contribution is 2.53. The normalized spacial score (nSPS) is 34.9. The smallest absolute Gasteiger partial charge is 0.309 e. The first-order valence-electron chi connectivity index (χ1n) is 13.8. The molecule has 0 aromatic heterocycles. The second-order valence-electron chi connectivity index (χ2n) is 11.5. The Morgan fingerprint density at radius 1 is 0.974 bits per heavy atom. The van der Waals surface area contributed by atoms with Gasteiger partial charge in [-0.05, 0) is 63.7 Å². The number of piperidine rings is 1. The molecule has 1 amide bonds. The second-order valence-corrected chi connectivity index (χ2v) is 11.5. The highest BCUT2D eigenvalue weighted by Gasteiger charge is 2.53. The van der Waals surface area contributed by atoms with Gasteiger partial charge in [-0.15, -0.1) is 0 Å². The van der Waals surface area contributed by atoms with Crippen LogP contribution in [0.4, 0.5) is 11.4 Å². The molecule has 10 heteroatoms. The number of esters is 1. The minimum Gasteiger partial charge on any atom is -0.462 e. The molecule has 5 rings (SSSR count). The van der Waals surface area contributed by atoms with Gasteiger partial charge in [0, 0.05) is 24.1 Å². The topological polar surface area (TPSA) is 133 Å². The number of nitrogens with zero attached hydrogens (tertiary/aromatic N) is 3. The average molecular weight is 526 g/mol. The van der Waals surface area contributed by atoms with Gasteiger partial charge in [0.25, 0.3) is 17.3 Å². The van der Waals surface area contributed by atoms with E-state index in [-0.39, 0.29) is 47.5 Å². The minimum absolute atomic E-state index is 0.0495. The number of cyclic esters (lactones) is 1. The van der Waals surface area contributed by atoms with Crippen LogP contribution in [0.3, 0.4) is 0 Å². The molecule has 0 unspecified atom stereocenters. The van der Waals surface area contributed by atoms with Crippen LogP contribution in [0.1, 0.15) is 75.6 Å². The van der Waals surface area contributed by atoms with E-state index >= 15 is 0 Å². The fraction of sp³-hybridized carbons (Fsp3) is 0.643. The molecule has 1 aromatic carbocycles. The zero-order chi connectivity index (χ0) is 27.1. The van der Waals surface area contributed by atoms with Gasteiger partial charge in [-0.25, -0.2) is 0 Å². The van der Waals surface area contributed by atoms with E-state index in [4.69, 9.17) is 4.74 Å². The van der Waals surface area contributed by atoms with E-state index in [1.165, 1.54) is 12.8 Å². The maximum absolute atomic E-state index is 13.7. The Balaban J connectivity index is 1.45. The summed E-state index contributed by atoms with van der Waals surface area (Å²) in [6.45, 7) is 3.93. The molecule has 0 radical (unpaired) electrons. The molecular formula is C28H35N3O7. The van der Waals surface area contributed by atoms with Gasteiger partial charge in [0.15, 0.2) is 0 Å². The van der Waals surface area contributed by atoms with Crippen LogP contribution in [-0.4, -0.2) is 44.8 Å². The summed E-state index contributed by atoms with van der Waals surface area (Å²) >= 11 is 0. The van der Waals surface area contributed by atoms with Crippen molar-refractivity contribution in [2.75, 3.05) is 0 Å². The maximum atomic E-state index is 13.7. The van der Waals surface area contributed by atoms with Gasteiger partial charge in [0.05, 0.1) is 33.4 Å². The predicted octanol–water partition coefficient (Wildman–Crippen LogP) is 5.45. The van der Waals surface area contributed by atoms with Crippen molar-refractivity contribution in [3.8, 4) is 0 Å². The SMILES string of the molecule is C[C@@H]1OC(=O)[C@H]2C[C@H]3CCCC[C@@H]3[C@@H](/C=C/[C@H]3CCC[C@H](C)N3C(=O)c3cc([N+](=O)[O-])cc([N+](=O)[O-])c3)[C@@H]12. The van der Waals surface area contributed by atoms with E-state index < -0.39 is 27.1 Å². The van der Waals surface area contributed by atoms with Gasteiger partial charge in [-0.1, -0.05) is 31.4 Å². The molecular weight excluding hydrogens is 490 g/mol. The number of benzene rings is 1. The number of rotatable bonds is 5. The summed E-state index contributed by atoms with van der Waals surface area (Å²) in [5.74, 6) is 0.709. The standard InChI is InChI=1S/C28H35N3O7/c1-16-6-5-8-20(29(16)27(32)19-12-21(30(34)35)15-22(13-19)31(36)37)10-11-24-23-9-4-3-7-18(23)14-25-26(24)17(2)38-28(25)33/h10-13,15-18,20,23-26H,3-9,14H2,1-2H3/b11-10+/t16-,17-,18+,20+,23-,24+,25-,26+/m0/s1. The quantitative estimate of drug-likeness (QED) is 0.216. The Hall–Kier alpha value is -3.30. The van der Waals surface area contributed by atoms with Crippen LogP contribution in [0.15, 0.2) is 30.4 Å². The molecule has 10 nitrogen and oxygen atoms in total. The van der Waals surface area contributed by atoms with Crippen LogP contribution in [0.25, 0.3) is 0 Å². The molecule has 0 N–H and O–H groups in total. The van der Waals surface area contributed by atoms with Gasteiger partial charge < -0.3 is 9.64 Å². The Labute approximate surface area is 221 Å². The molecule has 1 aromatic rings. The molecule has 4 fully saturated rings. The number of likely N-dealkylation sites (tertiary alicyclic amines) is 1. The van der Waals surface area contributed by atoms with Crippen molar-refractivity contribution in [3.05, 3.63) is 56.1 Å². The molecule has 2 aliphatic heterocycles. The molecule has 38 heavy (non-hydrogen) atoms. The Morgan fingerprint density at radius 3 is 2.34 bits per heavy atom. The van der Waals surface area contributed by atoms with Crippen molar-refractivity contribution in [2.45, 2.75) is 83.4 Å². The van der Waals surface area contributed by atoms with E-state index in [2.05, 4.69) is 12.2 Å². The molecule has 0 spiro atoms. The maximum Gasteiger partial charge on any atom is 0.309 e. The Morgan fingerprint density at radius 2 is 1.66 bits per heavy atom. The number of carbonyl (C=O) groups is 2. The van der Waals surface area contributed by atoms with E-state index in [1.807, 2.05) is 13.8 Å². The summed E-state index contributed by atoms with van der Waals surface area (Å²) < 4.78 is 5.68. The lowest BCUT2D eigenvalue weighted by atomic mass is 9.57. The van der Waals surface area contributed by atoms with E-state index in [1.54, 1.807) is 4.90 Å². The number of amides is 1. The molecule has 8 atom stereocenters. The number of non-ortho nitro benzene ring substituents is 2. The number of nitro benzene ring substituents is 2. The summed E-state index contributed by atoms with van der Waals surface area (Å²) in [4.78, 5) is 49.4. The number of carbonyl (C=O) groups excluding carboxylic acids is 2. The number of fused-ring (bicyclic) bond motifs is 2. The average Bonchev–Trinajstić information content (AvgIpc) is 3.18. The molecule has 0 bridgehead atoms. The molecule has 2 saturated heterocycles. The van der Waals surface area contributed by atoms with E-state index in [0.717, 1.165) is 56.7 Å². The van der Waals surface area contributed by atoms with Gasteiger partial charge in [0.2, 0.25) is 0 Å². The van der Waals surface area contributed by atoms with Crippen LogP contribution in [0, 0.1) is 49.8 Å². The van der Waals surface area contributed by atoms with Crippen LogP contribution in [-0.2, 0) is 9.53 Å². The second kappa shape index (κ2) is 10.5. The number of nitro groups is 2. The molecule has 2 aliphatic carbocycles. The largest absolute Gasteiger partial charge is 0.462 e. The lowest BCUT2D eigenvalue weighted by Gasteiger charge is -2.46.